The number of nitrogens with one attached hydrogen (secondary N) is 1. The van der Waals surface area contributed by atoms with Crippen molar-refractivity contribution in [3.05, 3.63) is 58.1 Å². The molecule has 0 unspecified atom stereocenters. The van der Waals surface area contributed by atoms with Crippen molar-refractivity contribution >= 4 is 28.9 Å². The number of halogens is 1. The lowest BCUT2D eigenvalue weighted by molar-refractivity contribution is -0.115. The van der Waals surface area contributed by atoms with Gasteiger partial charge in [0.05, 0.1) is 6.42 Å². The number of anilines is 2. The lowest BCUT2D eigenvalue weighted by atomic mass is 10.1. The molecule has 0 aromatic heterocycles. The molecule has 0 bridgehead atoms. The predicted octanol–water partition coefficient (Wildman–Crippen LogP) is 3.72. The molecule has 1 amide bonds. The second-order valence-electron chi connectivity index (χ2n) is 4.84. The average Bonchev–Trinajstić information content (AvgIpc) is 2.39. The molecule has 20 heavy (non-hydrogen) atoms. The third-order valence-corrected chi connectivity index (χ3v) is 3.56. The second kappa shape index (κ2) is 5.97. The summed E-state index contributed by atoms with van der Waals surface area (Å²) in [7, 11) is 0. The van der Waals surface area contributed by atoms with Gasteiger partial charge in [-0.05, 0) is 42.7 Å². The Bertz CT molecular complexity index is 653. The zero-order chi connectivity index (χ0) is 14.7. The average molecular weight is 289 g/mol. The molecule has 2 aromatic rings. The van der Waals surface area contributed by atoms with Gasteiger partial charge < -0.3 is 11.1 Å². The molecule has 0 saturated carbocycles. The number of amides is 1. The lowest BCUT2D eigenvalue weighted by Gasteiger charge is -2.11. The normalized spacial score (nSPS) is 10.3. The Morgan fingerprint density at radius 3 is 2.60 bits per heavy atom. The van der Waals surface area contributed by atoms with E-state index in [2.05, 4.69) is 5.32 Å². The highest BCUT2D eigenvalue weighted by atomic mass is 35.5. The molecule has 0 aliphatic rings. The van der Waals surface area contributed by atoms with E-state index in [0.29, 0.717) is 10.7 Å². The summed E-state index contributed by atoms with van der Waals surface area (Å²) in [6.07, 6.45) is 0.243. The number of aryl methyl sites for hydroxylation is 2. The molecule has 0 radical (unpaired) electrons. The van der Waals surface area contributed by atoms with Crippen LogP contribution in [0.25, 0.3) is 0 Å². The summed E-state index contributed by atoms with van der Waals surface area (Å²) >= 11 is 6.05. The van der Waals surface area contributed by atoms with Gasteiger partial charge >= 0.3 is 0 Å². The van der Waals surface area contributed by atoms with Gasteiger partial charge in [-0.1, -0.05) is 35.9 Å². The first-order valence-corrected chi connectivity index (χ1v) is 6.75. The minimum absolute atomic E-state index is 0.107. The summed E-state index contributed by atoms with van der Waals surface area (Å²) in [5.74, 6) is -0.107. The molecule has 0 fully saturated rings. The highest BCUT2D eigenvalue weighted by molar-refractivity contribution is 6.31. The number of carbonyl (C=O) groups is 1. The van der Waals surface area contributed by atoms with Crippen molar-refractivity contribution in [3.8, 4) is 0 Å². The molecule has 0 aliphatic carbocycles. The molecular formula is C16H17ClN2O. The maximum absolute atomic E-state index is 12.1. The summed E-state index contributed by atoms with van der Waals surface area (Å²) in [6.45, 7) is 3.88. The van der Waals surface area contributed by atoms with Crippen LogP contribution in [-0.4, -0.2) is 5.91 Å². The first-order valence-electron chi connectivity index (χ1n) is 6.37. The molecule has 104 valence electrons. The molecule has 0 spiro atoms. The summed E-state index contributed by atoms with van der Waals surface area (Å²) in [4.78, 5) is 12.1. The fraction of sp³-hybridized carbons (Fsp3) is 0.188. The van der Waals surface area contributed by atoms with Crippen LogP contribution in [0.4, 0.5) is 11.4 Å². The number of benzene rings is 2. The SMILES string of the molecule is Cc1cc(C)c(NC(=O)Cc2ccccc2Cl)cc1N. The summed E-state index contributed by atoms with van der Waals surface area (Å²) in [6, 6.07) is 11.1. The molecule has 2 aromatic carbocycles. The monoisotopic (exact) mass is 288 g/mol. The summed E-state index contributed by atoms with van der Waals surface area (Å²) < 4.78 is 0. The van der Waals surface area contributed by atoms with Crippen molar-refractivity contribution in [2.75, 3.05) is 11.1 Å². The van der Waals surface area contributed by atoms with E-state index in [1.807, 2.05) is 38.1 Å². The predicted molar refractivity (Wildman–Crippen MR) is 84.1 cm³/mol. The van der Waals surface area contributed by atoms with Crippen LogP contribution >= 0.6 is 11.6 Å². The minimum Gasteiger partial charge on any atom is -0.398 e. The van der Waals surface area contributed by atoms with Gasteiger partial charge in [-0.3, -0.25) is 4.79 Å². The molecule has 0 atom stereocenters. The van der Waals surface area contributed by atoms with E-state index in [1.54, 1.807) is 12.1 Å². The van der Waals surface area contributed by atoms with Gasteiger partial charge in [-0.15, -0.1) is 0 Å². The van der Waals surface area contributed by atoms with Gasteiger partial charge in [0.2, 0.25) is 5.91 Å². The number of hydrogen-bond donors (Lipinski definition) is 2. The van der Waals surface area contributed by atoms with Gasteiger partial charge in [0.15, 0.2) is 0 Å². The highest BCUT2D eigenvalue weighted by Crippen LogP contribution is 2.23. The Morgan fingerprint density at radius 2 is 1.90 bits per heavy atom. The van der Waals surface area contributed by atoms with Crippen molar-refractivity contribution in [1.29, 1.82) is 0 Å². The van der Waals surface area contributed by atoms with E-state index >= 15 is 0 Å². The zero-order valence-corrected chi connectivity index (χ0v) is 12.3. The highest BCUT2D eigenvalue weighted by Gasteiger charge is 2.09. The zero-order valence-electron chi connectivity index (χ0n) is 11.5. The van der Waals surface area contributed by atoms with E-state index in [0.717, 1.165) is 22.4 Å². The van der Waals surface area contributed by atoms with Crippen LogP contribution in [0.2, 0.25) is 5.02 Å². The van der Waals surface area contributed by atoms with Crippen LogP contribution < -0.4 is 11.1 Å². The Labute approximate surface area is 123 Å². The molecule has 0 heterocycles. The van der Waals surface area contributed by atoms with Crippen LogP contribution in [0.15, 0.2) is 36.4 Å². The summed E-state index contributed by atoms with van der Waals surface area (Å²) in [5.41, 5.74) is 10.1. The van der Waals surface area contributed by atoms with Gasteiger partial charge in [0, 0.05) is 16.4 Å². The lowest BCUT2D eigenvalue weighted by Crippen LogP contribution is -2.15. The number of rotatable bonds is 3. The maximum atomic E-state index is 12.1. The van der Waals surface area contributed by atoms with Crippen LogP contribution in [0.3, 0.4) is 0 Å². The van der Waals surface area contributed by atoms with Gasteiger partial charge in [-0.25, -0.2) is 0 Å². The Kier molecular flexibility index (Phi) is 4.30. The van der Waals surface area contributed by atoms with Crippen LogP contribution in [0.5, 0.6) is 0 Å². The largest absolute Gasteiger partial charge is 0.398 e. The molecular weight excluding hydrogens is 272 g/mol. The van der Waals surface area contributed by atoms with Crippen molar-refractivity contribution in [2.45, 2.75) is 20.3 Å². The standard InChI is InChI=1S/C16H17ClN2O/c1-10-7-11(2)15(9-14(10)18)19-16(20)8-12-5-3-4-6-13(12)17/h3-7,9H,8,18H2,1-2H3,(H,19,20). The summed E-state index contributed by atoms with van der Waals surface area (Å²) in [5, 5.41) is 3.48. The molecule has 4 heteroatoms. The first-order chi connectivity index (χ1) is 9.47. The maximum Gasteiger partial charge on any atom is 0.228 e. The first kappa shape index (κ1) is 14.4. The minimum atomic E-state index is -0.107. The second-order valence-corrected chi connectivity index (χ2v) is 5.25. The van der Waals surface area contributed by atoms with Crippen molar-refractivity contribution in [1.82, 2.24) is 0 Å². The fourth-order valence-corrected chi connectivity index (χ4v) is 2.22. The third kappa shape index (κ3) is 3.31. The van der Waals surface area contributed by atoms with Crippen molar-refractivity contribution in [2.24, 2.45) is 0 Å². The molecule has 0 saturated heterocycles. The quantitative estimate of drug-likeness (QED) is 0.846. The fourth-order valence-electron chi connectivity index (χ4n) is 2.01. The molecule has 0 aliphatic heterocycles. The Hall–Kier alpha value is -2.00. The van der Waals surface area contributed by atoms with E-state index in [-0.39, 0.29) is 12.3 Å². The van der Waals surface area contributed by atoms with E-state index in [1.165, 1.54) is 0 Å². The van der Waals surface area contributed by atoms with Gasteiger partial charge in [-0.2, -0.15) is 0 Å². The van der Waals surface area contributed by atoms with E-state index in [4.69, 9.17) is 17.3 Å². The molecule has 3 N–H and O–H groups in total. The number of hydrogen-bond acceptors (Lipinski definition) is 2. The Balaban J connectivity index is 2.13. The number of nitrogen functional groups attached to an aromatic ring is 1. The topological polar surface area (TPSA) is 55.1 Å². The van der Waals surface area contributed by atoms with Crippen molar-refractivity contribution in [3.63, 3.8) is 0 Å². The number of carbonyl (C=O) groups excluding carboxylic acids is 1. The molecule has 2 rings (SSSR count). The van der Waals surface area contributed by atoms with Crippen molar-refractivity contribution < 1.29 is 4.79 Å². The van der Waals surface area contributed by atoms with Crippen LogP contribution in [0.1, 0.15) is 16.7 Å². The smallest absolute Gasteiger partial charge is 0.228 e. The van der Waals surface area contributed by atoms with Crippen LogP contribution in [-0.2, 0) is 11.2 Å². The van der Waals surface area contributed by atoms with E-state index in [9.17, 15) is 4.79 Å². The van der Waals surface area contributed by atoms with E-state index < -0.39 is 0 Å². The van der Waals surface area contributed by atoms with Crippen LogP contribution in [0, 0.1) is 13.8 Å². The Morgan fingerprint density at radius 1 is 1.20 bits per heavy atom. The number of nitrogens with two attached hydrogens (primary N) is 1. The van der Waals surface area contributed by atoms with Gasteiger partial charge in [0.25, 0.3) is 0 Å². The molecule has 3 nitrogen and oxygen atoms in total. The third-order valence-electron chi connectivity index (χ3n) is 3.20. The van der Waals surface area contributed by atoms with Gasteiger partial charge in [0.1, 0.15) is 0 Å².